The van der Waals surface area contributed by atoms with Crippen LogP contribution in [-0.4, -0.2) is 39.2 Å². The number of thioether (sulfide) groups is 1. The van der Waals surface area contributed by atoms with Crippen molar-refractivity contribution in [2.45, 2.75) is 51.8 Å². The van der Waals surface area contributed by atoms with E-state index >= 15 is 0 Å². The summed E-state index contributed by atoms with van der Waals surface area (Å²) in [4.78, 5) is 6.69. The van der Waals surface area contributed by atoms with E-state index in [-0.39, 0.29) is 5.54 Å². The van der Waals surface area contributed by atoms with Gasteiger partial charge in [0.2, 0.25) is 0 Å². The first-order valence-electron chi connectivity index (χ1n) is 5.46. The first-order valence-corrected chi connectivity index (χ1v) is 6.69. The van der Waals surface area contributed by atoms with Crippen molar-refractivity contribution >= 4 is 16.9 Å². The molecule has 4 heteroatoms. The van der Waals surface area contributed by atoms with E-state index in [9.17, 15) is 5.11 Å². The Balaban J connectivity index is 3.01. The number of aliphatic imine (C=N–C) groups is 1. The van der Waals surface area contributed by atoms with E-state index < -0.39 is 5.72 Å². The molecule has 0 aliphatic carbocycles. The third kappa shape index (κ3) is 2.88. The SMILES string of the molecule is CCCN1C(SC)=NC(C)(C)CC1(C)O. The van der Waals surface area contributed by atoms with Crippen molar-refractivity contribution < 1.29 is 5.11 Å². The van der Waals surface area contributed by atoms with Crippen LogP contribution in [0.5, 0.6) is 0 Å². The molecule has 3 nitrogen and oxygen atoms in total. The number of rotatable bonds is 2. The molecule has 0 amide bonds. The van der Waals surface area contributed by atoms with E-state index in [2.05, 4.69) is 25.8 Å². The highest BCUT2D eigenvalue weighted by atomic mass is 32.2. The Kier molecular flexibility index (Phi) is 3.71. The summed E-state index contributed by atoms with van der Waals surface area (Å²) in [5.41, 5.74) is -0.925. The second-order valence-corrected chi connectivity index (χ2v) is 5.73. The van der Waals surface area contributed by atoms with Crippen LogP contribution in [0.15, 0.2) is 4.99 Å². The number of aliphatic hydroxyl groups is 1. The molecular weight excluding hydrogens is 208 g/mol. The molecule has 0 spiro atoms. The fraction of sp³-hybridized carbons (Fsp3) is 0.909. The molecule has 0 aromatic carbocycles. The average molecular weight is 230 g/mol. The van der Waals surface area contributed by atoms with E-state index in [1.807, 2.05) is 18.1 Å². The highest BCUT2D eigenvalue weighted by Crippen LogP contribution is 2.34. The molecule has 88 valence electrons. The summed E-state index contributed by atoms with van der Waals surface area (Å²) >= 11 is 1.61. The maximum absolute atomic E-state index is 10.4. The molecule has 0 saturated carbocycles. The second-order valence-electron chi connectivity index (χ2n) is 4.96. The Hall–Kier alpha value is -0.220. The maximum atomic E-state index is 10.4. The third-order valence-corrected chi connectivity index (χ3v) is 3.28. The van der Waals surface area contributed by atoms with Gasteiger partial charge in [-0.05, 0) is 33.4 Å². The lowest BCUT2D eigenvalue weighted by molar-refractivity contribution is -0.0780. The standard InChI is InChI=1S/C11H22N2OS/c1-6-7-13-9(15-5)12-10(2,3)8-11(13,4)14/h14H,6-8H2,1-5H3. The van der Waals surface area contributed by atoms with E-state index in [1.54, 1.807) is 11.8 Å². The Morgan fingerprint density at radius 3 is 2.53 bits per heavy atom. The van der Waals surface area contributed by atoms with Crippen LogP contribution < -0.4 is 0 Å². The quantitative estimate of drug-likeness (QED) is 0.791. The van der Waals surface area contributed by atoms with Crippen LogP contribution >= 0.6 is 11.8 Å². The van der Waals surface area contributed by atoms with Gasteiger partial charge in [-0.2, -0.15) is 0 Å². The van der Waals surface area contributed by atoms with Gasteiger partial charge < -0.3 is 10.0 Å². The molecule has 15 heavy (non-hydrogen) atoms. The zero-order chi connectivity index (χ0) is 11.7. The lowest BCUT2D eigenvalue weighted by Crippen LogP contribution is -2.56. The van der Waals surface area contributed by atoms with Crippen molar-refractivity contribution in [1.29, 1.82) is 0 Å². The molecule has 1 aliphatic rings. The minimum atomic E-state index is -0.764. The fourth-order valence-electron chi connectivity index (χ4n) is 2.20. The molecule has 1 atom stereocenters. The van der Waals surface area contributed by atoms with Crippen LogP contribution in [0.3, 0.4) is 0 Å². The van der Waals surface area contributed by atoms with Crippen LogP contribution in [0.1, 0.15) is 40.5 Å². The fourth-order valence-corrected chi connectivity index (χ4v) is 3.04. The number of amidine groups is 1. The Morgan fingerprint density at radius 1 is 1.47 bits per heavy atom. The molecule has 0 aromatic rings. The molecule has 1 unspecified atom stereocenters. The van der Waals surface area contributed by atoms with Gasteiger partial charge in [0.15, 0.2) is 5.17 Å². The summed E-state index contributed by atoms with van der Waals surface area (Å²) in [6, 6.07) is 0. The summed E-state index contributed by atoms with van der Waals surface area (Å²) in [6.45, 7) is 9.01. The summed E-state index contributed by atoms with van der Waals surface area (Å²) in [7, 11) is 0. The first-order chi connectivity index (χ1) is 6.82. The molecule has 1 N–H and O–H groups in total. The van der Waals surface area contributed by atoms with Crippen molar-refractivity contribution in [2.24, 2.45) is 4.99 Å². The Morgan fingerprint density at radius 2 is 2.07 bits per heavy atom. The second kappa shape index (κ2) is 4.34. The molecule has 0 aromatic heterocycles. The molecule has 0 saturated heterocycles. The van der Waals surface area contributed by atoms with Gasteiger partial charge in [-0.1, -0.05) is 18.7 Å². The summed E-state index contributed by atoms with van der Waals surface area (Å²) < 4.78 is 0. The highest BCUT2D eigenvalue weighted by molar-refractivity contribution is 8.13. The average Bonchev–Trinajstić information content (AvgIpc) is 2.07. The van der Waals surface area contributed by atoms with Crippen LogP contribution in [0, 0.1) is 0 Å². The lowest BCUT2D eigenvalue weighted by Gasteiger charge is -2.46. The van der Waals surface area contributed by atoms with E-state index in [0.29, 0.717) is 6.42 Å². The predicted octanol–water partition coefficient (Wildman–Crippen LogP) is 2.31. The Labute approximate surface area is 97.0 Å². The summed E-state index contributed by atoms with van der Waals surface area (Å²) in [6.07, 6.45) is 3.72. The third-order valence-electron chi connectivity index (χ3n) is 2.61. The molecule has 1 rings (SSSR count). The smallest absolute Gasteiger partial charge is 0.161 e. The molecule has 0 bridgehead atoms. The van der Waals surface area contributed by atoms with Gasteiger partial charge in [-0.25, -0.2) is 0 Å². The van der Waals surface area contributed by atoms with Gasteiger partial charge in [0.05, 0.1) is 5.54 Å². The van der Waals surface area contributed by atoms with Gasteiger partial charge in [-0.15, -0.1) is 0 Å². The summed E-state index contributed by atoms with van der Waals surface area (Å²) in [5, 5.41) is 11.4. The van der Waals surface area contributed by atoms with Gasteiger partial charge in [0.25, 0.3) is 0 Å². The number of hydrogen-bond acceptors (Lipinski definition) is 4. The lowest BCUT2D eigenvalue weighted by atomic mass is 9.91. The van der Waals surface area contributed by atoms with E-state index in [4.69, 9.17) is 0 Å². The Bertz CT molecular complexity index is 261. The van der Waals surface area contributed by atoms with Crippen molar-refractivity contribution in [3.8, 4) is 0 Å². The number of hydrogen-bond donors (Lipinski definition) is 1. The zero-order valence-electron chi connectivity index (χ0n) is 10.4. The first kappa shape index (κ1) is 12.8. The predicted molar refractivity (Wildman–Crippen MR) is 67.3 cm³/mol. The largest absolute Gasteiger partial charge is 0.371 e. The molecule has 0 radical (unpaired) electrons. The van der Waals surface area contributed by atoms with Crippen LogP contribution in [-0.2, 0) is 0 Å². The van der Waals surface area contributed by atoms with Gasteiger partial charge in [0.1, 0.15) is 5.72 Å². The van der Waals surface area contributed by atoms with Crippen molar-refractivity contribution in [3.63, 3.8) is 0 Å². The minimum Gasteiger partial charge on any atom is -0.371 e. The maximum Gasteiger partial charge on any atom is 0.161 e. The van der Waals surface area contributed by atoms with Crippen LogP contribution in [0.25, 0.3) is 0 Å². The normalized spacial score (nSPS) is 30.3. The zero-order valence-corrected chi connectivity index (χ0v) is 11.2. The molecule has 1 aliphatic heterocycles. The van der Waals surface area contributed by atoms with E-state index in [0.717, 1.165) is 18.1 Å². The van der Waals surface area contributed by atoms with Crippen molar-refractivity contribution in [1.82, 2.24) is 4.90 Å². The molecule has 0 fully saturated rings. The monoisotopic (exact) mass is 230 g/mol. The van der Waals surface area contributed by atoms with Gasteiger partial charge in [0, 0.05) is 13.0 Å². The molecule has 1 heterocycles. The van der Waals surface area contributed by atoms with Gasteiger partial charge in [-0.3, -0.25) is 4.99 Å². The topological polar surface area (TPSA) is 35.8 Å². The van der Waals surface area contributed by atoms with Crippen molar-refractivity contribution in [3.05, 3.63) is 0 Å². The molecular formula is C11H22N2OS. The highest BCUT2D eigenvalue weighted by Gasteiger charge is 2.41. The minimum absolute atomic E-state index is 0.161. The van der Waals surface area contributed by atoms with E-state index in [1.165, 1.54) is 0 Å². The van der Waals surface area contributed by atoms with Gasteiger partial charge >= 0.3 is 0 Å². The summed E-state index contributed by atoms with van der Waals surface area (Å²) in [5.74, 6) is 0. The van der Waals surface area contributed by atoms with Crippen LogP contribution in [0.4, 0.5) is 0 Å². The van der Waals surface area contributed by atoms with Crippen molar-refractivity contribution in [2.75, 3.05) is 12.8 Å². The van der Waals surface area contributed by atoms with Crippen LogP contribution in [0.2, 0.25) is 0 Å². The number of nitrogens with zero attached hydrogens (tertiary/aromatic N) is 2.